The fourth-order valence-corrected chi connectivity index (χ4v) is 1.38. The average molecular weight is 229 g/mol. The molecule has 0 spiro atoms. The minimum atomic E-state index is -0.982. The van der Waals surface area contributed by atoms with Crippen molar-refractivity contribution in [2.45, 2.75) is 25.7 Å². The Morgan fingerprint density at radius 2 is 1.44 bits per heavy atom. The van der Waals surface area contributed by atoms with Crippen molar-refractivity contribution in [1.82, 2.24) is 4.90 Å². The number of carbonyl (C=O) groups is 3. The van der Waals surface area contributed by atoms with Gasteiger partial charge in [0.2, 0.25) is 5.91 Å². The van der Waals surface area contributed by atoms with E-state index in [4.69, 9.17) is 10.2 Å². The smallest absolute Gasteiger partial charge is 0.305 e. The molecule has 6 nitrogen and oxygen atoms in total. The van der Waals surface area contributed by atoms with Crippen molar-refractivity contribution in [3.63, 3.8) is 0 Å². The van der Waals surface area contributed by atoms with Gasteiger partial charge in [0.25, 0.3) is 0 Å². The number of hydrogen-bond acceptors (Lipinski definition) is 3. The van der Waals surface area contributed by atoms with Crippen LogP contribution in [0.15, 0.2) is 0 Å². The lowest BCUT2D eigenvalue weighted by molar-refractivity contribution is -0.139. The molecule has 1 amide bonds. The lowest BCUT2D eigenvalue weighted by Crippen LogP contribution is -2.35. The second-order valence-corrected chi connectivity index (χ2v) is 3.89. The van der Waals surface area contributed by atoms with Crippen LogP contribution >= 0.6 is 0 Å². The number of amides is 1. The van der Waals surface area contributed by atoms with Crippen molar-refractivity contribution in [2.24, 2.45) is 5.92 Å². The molecule has 16 heavy (non-hydrogen) atoms. The Kier molecular flexibility index (Phi) is 4.28. The molecule has 0 aliphatic heterocycles. The molecule has 0 unspecified atom stereocenters. The summed E-state index contributed by atoms with van der Waals surface area (Å²) in [5.41, 5.74) is 0. The van der Waals surface area contributed by atoms with Gasteiger partial charge in [-0.15, -0.1) is 0 Å². The van der Waals surface area contributed by atoms with Crippen LogP contribution < -0.4 is 0 Å². The number of aliphatic carboxylic acids is 2. The van der Waals surface area contributed by atoms with Crippen LogP contribution in [0.5, 0.6) is 0 Å². The normalized spacial score (nSPS) is 14.5. The lowest BCUT2D eigenvalue weighted by atomic mass is 10.2. The van der Waals surface area contributed by atoms with E-state index in [-0.39, 0.29) is 37.8 Å². The van der Waals surface area contributed by atoms with Gasteiger partial charge in [-0.1, -0.05) is 0 Å². The molecule has 0 aromatic carbocycles. The van der Waals surface area contributed by atoms with E-state index in [1.165, 1.54) is 4.90 Å². The fourth-order valence-electron chi connectivity index (χ4n) is 1.38. The topological polar surface area (TPSA) is 94.9 Å². The number of hydrogen-bond donors (Lipinski definition) is 2. The van der Waals surface area contributed by atoms with E-state index < -0.39 is 11.9 Å². The van der Waals surface area contributed by atoms with Crippen molar-refractivity contribution in [3.8, 4) is 0 Å². The van der Waals surface area contributed by atoms with Gasteiger partial charge in [-0.3, -0.25) is 14.4 Å². The first-order chi connectivity index (χ1) is 7.50. The molecule has 1 saturated carbocycles. The molecule has 90 valence electrons. The Labute approximate surface area is 92.9 Å². The number of carboxylic acid groups (broad SMARTS) is 2. The van der Waals surface area contributed by atoms with Crippen LogP contribution in [0, 0.1) is 5.92 Å². The first-order valence-electron chi connectivity index (χ1n) is 5.23. The number of carbonyl (C=O) groups excluding carboxylic acids is 1. The third kappa shape index (κ3) is 4.29. The van der Waals surface area contributed by atoms with Crippen LogP contribution in [0.25, 0.3) is 0 Å². The highest BCUT2D eigenvalue weighted by Gasteiger charge is 2.33. The predicted octanol–water partition coefficient (Wildman–Crippen LogP) is 0.174. The molecule has 0 heterocycles. The van der Waals surface area contributed by atoms with Crippen molar-refractivity contribution < 1.29 is 24.6 Å². The summed E-state index contributed by atoms with van der Waals surface area (Å²) in [6, 6.07) is 0. The standard InChI is InChI=1S/C10H15NO5/c12-8(13)3-5-11(6-4-9(14)15)10(16)7-1-2-7/h7H,1-6H2,(H,12,13)(H,14,15). The Morgan fingerprint density at radius 3 is 1.75 bits per heavy atom. The molecule has 0 aromatic rings. The quantitative estimate of drug-likeness (QED) is 0.649. The van der Waals surface area contributed by atoms with Crippen LogP contribution in [-0.4, -0.2) is 46.0 Å². The van der Waals surface area contributed by atoms with Gasteiger partial charge < -0.3 is 15.1 Å². The van der Waals surface area contributed by atoms with Gasteiger partial charge in [-0.2, -0.15) is 0 Å². The van der Waals surface area contributed by atoms with Crippen LogP contribution in [-0.2, 0) is 14.4 Å². The summed E-state index contributed by atoms with van der Waals surface area (Å²) in [5, 5.41) is 17.0. The number of nitrogens with zero attached hydrogens (tertiary/aromatic N) is 1. The summed E-state index contributed by atoms with van der Waals surface area (Å²) in [6.07, 6.45) is 1.38. The molecule has 0 bridgehead atoms. The third-order valence-electron chi connectivity index (χ3n) is 2.43. The number of rotatable bonds is 7. The molecule has 1 aliphatic rings. The fraction of sp³-hybridized carbons (Fsp3) is 0.700. The zero-order valence-corrected chi connectivity index (χ0v) is 8.89. The summed E-state index contributed by atoms with van der Waals surface area (Å²) in [4.78, 5) is 33.8. The molecule has 0 atom stereocenters. The Bertz CT molecular complexity index is 280. The highest BCUT2D eigenvalue weighted by Crippen LogP contribution is 2.31. The first-order valence-corrected chi connectivity index (χ1v) is 5.23. The SMILES string of the molecule is O=C(O)CCN(CCC(=O)O)C(=O)C1CC1. The highest BCUT2D eigenvalue weighted by atomic mass is 16.4. The molecular weight excluding hydrogens is 214 g/mol. The maximum atomic E-state index is 11.7. The average Bonchev–Trinajstić information content (AvgIpc) is 2.99. The molecule has 1 aliphatic carbocycles. The highest BCUT2D eigenvalue weighted by molar-refractivity contribution is 5.82. The minimum Gasteiger partial charge on any atom is -0.481 e. The molecule has 1 rings (SSSR count). The van der Waals surface area contributed by atoms with Crippen molar-refractivity contribution >= 4 is 17.8 Å². The molecule has 1 fully saturated rings. The molecule has 6 heteroatoms. The van der Waals surface area contributed by atoms with Gasteiger partial charge in [0, 0.05) is 19.0 Å². The first kappa shape index (κ1) is 12.5. The van der Waals surface area contributed by atoms with Crippen molar-refractivity contribution in [3.05, 3.63) is 0 Å². The Balaban J connectivity index is 2.42. The second-order valence-electron chi connectivity index (χ2n) is 3.89. The van der Waals surface area contributed by atoms with E-state index in [1.54, 1.807) is 0 Å². The predicted molar refractivity (Wildman–Crippen MR) is 53.8 cm³/mol. The summed E-state index contributed by atoms with van der Waals surface area (Å²) in [7, 11) is 0. The maximum Gasteiger partial charge on any atom is 0.305 e. The van der Waals surface area contributed by atoms with Crippen molar-refractivity contribution in [1.29, 1.82) is 0 Å². The monoisotopic (exact) mass is 229 g/mol. The van der Waals surface area contributed by atoms with Crippen LogP contribution in [0.2, 0.25) is 0 Å². The molecule has 0 aromatic heterocycles. The number of carboxylic acids is 2. The second kappa shape index (κ2) is 5.48. The van der Waals surface area contributed by atoms with Gasteiger partial charge in [0.15, 0.2) is 0 Å². The lowest BCUT2D eigenvalue weighted by Gasteiger charge is -2.20. The van der Waals surface area contributed by atoms with Crippen LogP contribution in [0.3, 0.4) is 0 Å². The molecular formula is C10H15NO5. The Morgan fingerprint density at radius 1 is 1.00 bits per heavy atom. The zero-order chi connectivity index (χ0) is 12.1. The van der Waals surface area contributed by atoms with Gasteiger partial charge in [-0.25, -0.2) is 0 Å². The van der Waals surface area contributed by atoms with Gasteiger partial charge in [0.05, 0.1) is 12.8 Å². The molecule has 0 radical (unpaired) electrons. The summed E-state index contributed by atoms with van der Waals surface area (Å²) >= 11 is 0. The molecule has 2 N–H and O–H groups in total. The summed E-state index contributed by atoms with van der Waals surface area (Å²) < 4.78 is 0. The van der Waals surface area contributed by atoms with E-state index in [9.17, 15) is 14.4 Å². The van der Waals surface area contributed by atoms with E-state index in [2.05, 4.69) is 0 Å². The molecule has 0 saturated heterocycles. The summed E-state index contributed by atoms with van der Waals surface area (Å²) in [5.74, 6) is -2.09. The van der Waals surface area contributed by atoms with Gasteiger partial charge in [-0.05, 0) is 12.8 Å². The van der Waals surface area contributed by atoms with Crippen molar-refractivity contribution in [2.75, 3.05) is 13.1 Å². The Hall–Kier alpha value is -1.59. The largest absolute Gasteiger partial charge is 0.481 e. The van der Waals surface area contributed by atoms with E-state index >= 15 is 0 Å². The van der Waals surface area contributed by atoms with Crippen LogP contribution in [0.4, 0.5) is 0 Å². The van der Waals surface area contributed by atoms with Crippen LogP contribution in [0.1, 0.15) is 25.7 Å². The minimum absolute atomic E-state index is 0.0115. The zero-order valence-electron chi connectivity index (χ0n) is 8.89. The van der Waals surface area contributed by atoms with E-state index in [0.717, 1.165) is 12.8 Å². The van der Waals surface area contributed by atoms with E-state index in [0.29, 0.717) is 0 Å². The maximum absolute atomic E-state index is 11.7. The third-order valence-corrected chi connectivity index (χ3v) is 2.43. The van der Waals surface area contributed by atoms with E-state index in [1.807, 2.05) is 0 Å². The van der Waals surface area contributed by atoms with Gasteiger partial charge in [0.1, 0.15) is 0 Å². The summed E-state index contributed by atoms with van der Waals surface area (Å²) in [6.45, 7) is 0.190. The van der Waals surface area contributed by atoms with Gasteiger partial charge >= 0.3 is 11.9 Å².